The van der Waals surface area contributed by atoms with Crippen LogP contribution >= 0.6 is 11.8 Å². The van der Waals surface area contributed by atoms with Crippen LogP contribution in [0.15, 0.2) is 33.4 Å². The van der Waals surface area contributed by atoms with Crippen LogP contribution < -0.4 is 5.73 Å². The second-order valence-electron chi connectivity index (χ2n) is 3.31. The van der Waals surface area contributed by atoms with Gasteiger partial charge in [-0.2, -0.15) is 0 Å². The molecule has 2 aromatic rings. The maximum Gasteiger partial charge on any atom is 0.213 e. The standard InChI is InChI=1S/C9H9FN6OS/c1-16-9(12-14-15-16)18-7-3-2-5(10)4-6(7)8(11)13-17/h2-4,17H,1H3,(H2,11,13). The van der Waals surface area contributed by atoms with Gasteiger partial charge < -0.3 is 10.9 Å². The Morgan fingerprint density at radius 2 is 2.33 bits per heavy atom. The van der Waals surface area contributed by atoms with Gasteiger partial charge in [0.25, 0.3) is 0 Å². The Labute approximate surface area is 105 Å². The molecule has 94 valence electrons. The van der Waals surface area contributed by atoms with Gasteiger partial charge in [0.05, 0.1) is 0 Å². The van der Waals surface area contributed by atoms with Gasteiger partial charge in [-0.15, -0.1) is 5.10 Å². The van der Waals surface area contributed by atoms with E-state index in [1.807, 2.05) is 0 Å². The molecule has 0 atom stereocenters. The molecule has 1 aromatic heterocycles. The summed E-state index contributed by atoms with van der Waals surface area (Å²) in [6.45, 7) is 0. The van der Waals surface area contributed by atoms with Crippen LogP contribution in [0, 0.1) is 5.82 Å². The Balaban J connectivity index is 2.42. The lowest BCUT2D eigenvalue weighted by Crippen LogP contribution is -2.14. The van der Waals surface area contributed by atoms with Gasteiger partial charge in [-0.05, 0) is 40.4 Å². The minimum Gasteiger partial charge on any atom is -0.409 e. The van der Waals surface area contributed by atoms with E-state index in [2.05, 4.69) is 20.7 Å². The minimum atomic E-state index is -0.475. The van der Waals surface area contributed by atoms with Crippen LogP contribution in [0.2, 0.25) is 0 Å². The number of oxime groups is 1. The van der Waals surface area contributed by atoms with E-state index in [-0.39, 0.29) is 11.4 Å². The Bertz CT molecular complexity index is 598. The first kappa shape index (κ1) is 12.3. The number of tetrazole rings is 1. The predicted octanol–water partition coefficient (Wildman–Crippen LogP) is 0.595. The lowest BCUT2D eigenvalue weighted by molar-refractivity contribution is 0.318. The summed E-state index contributed by atoms with van der Waals surface area (Å²) in [7, 11) is 1.68. The molecule has 18 heavy (non-hydrogen) atoms. The molecule has 0 aliphatic rings. The van der Waals surface area contributed by atoms with Crippen molar-refractivity contribution >= 4 is 17.6 Å². The van der Waals surface area contributed by atoms with Crippen LogP contribution in [0.5, 0.6) is 0 Å². The third-order valence-corrected chi connectivity index (χ3v) is 3.21. The largest absolute Gasteiger partial charge is 0.409 e. The zero-order valence-corrected chi connectivity index (χ0v) is 10.1. The molecule has 2 rings (SSSR count). The van der Waals surface area contributed by atoms with E-state index in [0.717, 1.165) is 0 Å². The van der Waals surface area contributed by atoms with E-state index in [4.69, 9.17) is 10.9 Å². The summed E-state index contributed by atoms with van der Waals surface area (Å²) >= 11 is 1.19. The van der Waals surface area contributed by atoms with Crippen LogP contribution in [0.25, 0.3) is 0 Å². The quantitative estimate of drug-likeness (QED) is 0.365. The number of hydrogen-bond donors (Lipinski definition) is 2. The Kier molecular flexibility index (Phi) is 3.42. The topological polar surface area (TPSA) is 102 Å². The van der Waals surface area contributed by atoms with E-state index >= 15 is 0 Å². The van der Waals surface area contributed by atoms with Crippen LogP contribution in [-0.4, -0.2) is 31.3 Å². The number of amidine groups is 1. The molecule has 1 heterocycles. The average molecular weight is 268 g/mol. The summed E-state index contributed by atoms with van der Waals surface area (Å²) in [6, 6.07) is 3.98. The van der Waals surface area contributed by atoms with Gasteiger partial charge in [0, 0.05) is 17.5 Å². The fourth-order valence-electron chi connectivity index (χ4n) is 1.25. The molecule has 1 aromatic carbocycles. The average Bonchev–Trinajstić information content (AvgIpc) is 2.76. The highest BCUT2D eigenvalue weighted by atomic mass is 32.2. The van der Waals surface area contributed by atoms with Crippen molar-refractivity contribution in [2.45, 2.75) is 10.1 Å². The molecule has 0 fully saturated rings. The Hall–Kier alpha value is -2.16. The SMILES string of the molecule is Cn1nnnc1Sc1ccc(F)cc1C(N)=NO. The van der Waals surface area contributed by atoms with Gasteiger partial charge in [0.2, 0.25) is 5.16 Å². The highest BCUT2D eigenvalue weighted by molar-refractivity contribution is 7.99. The van der Waals surface area contributed by atoms with Gasteiger partial charge in [0.15, 0.2) is 5.84 Å². The summed E-state index contributed by atoms with van der Waals surface area (Å²) in [4.78, 5) is 0.588. The van der Waals surface area contributed by atoms with Crippen LogP contribution in [0.4, 0.5) is 4.39 Å². The minimum absolute atomic E-state index is 0.174. The molecule has 0 saturated carbocycles. The first-order valence-electron chi connectivity index (χ1n) is 4.79. The molecular weight excluding hydrogens is 259 g/mol. The highest BCUT2D eigenvalue weighted by Gasteiger charge is 2.13. The molecule has 7 nitrogen and oxygen atoms in total. The molecule has 0 unspecified atom stereocenters. The van der Waals surface area contributed by atoms with Crippen molar-refractivity contribution in [2.24, 2.45) is 17.9 Å². The Morgan fingerprint density at radius 3 is 2.94 bits per heavy atom. The van der Waals surface area contributed by atoms with E-state index in [1.165, 1.54) is 34.6 Å². The monoisotopic (exact) mass is 268 g/mol. The summed E-state index contributed by atoms with van der Waals surface area (Å²) < 4.78 is 14.6. The van der Waals surface area contributed by atoms with Crippen LogP contribution in [0.1, 0.15) is 5.56 Å². The second-order valence-corrected chi connectivity index (χ2v) is 4.32. The lowest BCUT2D eigenvalue weighted by atomic mass is 10.2. The Morgan fingerprint density at radius 1 is 1.56 bits per heavy atom. The lowest BCUT2D eigenvalue weighted by Gasteiger charge is -2.06. The van der Waals surface area contributed by atoms with E-state index in [1.54, 1.807) is 7.05 Å². The number of hydrogen-bond acceptors (Lipinski definition) is 6. The molecule has 0 saturated heterocycles. The van der Waals surface area contributed by atoms with Crippen molar-refractivity contribution in [2.75, 3.05) is 0 Å². The van der Waals surface area contributed by atoms with Crippen LogP contribution in [-0.2, 0) is 7.05 Å². The van der Waals surface area contributed by atoms with E-state index in [9.17, 15) is 4.39 Å². The molecule has 0 amide bonds. The molecule has 0 bridgehead atoms. The number of rotatable bonds is 3. The van der Waals surface area contributed by atoms with Crippen LogP contribution in [0.3, 0.4) is 0 Å². The fraction of sp³-hybridized carbons (Fsp3) is 0.111. The number of aromatic nitrogens is 4. The summed E-state index contributed by atoms with van der Waals surface area (Å²) in [5, 5.41) is 23.0. The van der Waals surface area contributed by atoms with Crippen molar-refractivity contribution in [3.63, 3.8) is 0 Å². The maximum atomic E-state index is 13.2. The predicted molar refractivity (Wildman–Crippen MR) is 61.8 cm³/mol. The third kappa shape index (κ3) is 2.40. The zero-order chi connectivity index (χ0) is 13.1. The van der Waals surface area contributed by atoms with E-state index < -0.39 is 5.82 Å². The molecule has 0 aliphatic heterocycles. The van der Waals surface area contributed by atoms with Crippen molar-refractivity contribution < 1.29 is 9.60 Å². The molecular formula is C9H9FN6OS. The van der Waals surface area contributed by atoms with E-state index in [0.29, 0.717) is 10.1 Å². The maximum absolute atomic E-state index is 13.2. The van der Waals surface area contributed by atoms with Gasteiger partial charge in [-0.3, -0.25) is 0 Å². The summed E-state index contributed by atoms with van der Waals surface area (Å²) in [5.41, 5.74) is 5.78. The fourth-order valence-corrected chi connectivity index (χ4v) is 2.10. The van der Waals surface area contributed by atoms with Gasteiger partial charge in [-0.25, -0.2) is 9.07 Å². The van der Waals surface area contributed by atoms with Crippen molar-refractivity contribution in [3.05, 3.63) is 29.6 Å². The number of benzene rings is 1. The number of nitrogens with zero attached hydrogens (tertiary/aromatic N) is 5. The zero-order valence-electron chi connectivity index (χ0n) is 9.28. The van der Waals surface area contributed by atoms with Crippen molar-refractivity contribution in [1.82, 2.24) is 20.2 Å². The summed E-state index contributed by atoms with van der Waals surface area (Å²) in [6.07, 6.45) is 0. The first-order chi connectivity index (χ1) is 8.61. The van der Waals surface area contributed by atoms with Gasteiger partial charge in [0.1, 0.15) is 5.82 Å². The van der Waals surface area contributed by atoms with Gasteiger partial charge in [-0.1, -0.05) is 5.16 Å². The van der Waals surface area contributed by atoms with Gasteiger partial charge >= 0.3 is 0 Å². The van der Waals surface area contributed by atoms with Crippen molar-refractivity contribution in [3.8, 4) is 0 Å². The highest BCUT2D eigenvalue weighted by Crippen LogP contribution is 2.28. The normalized spacial score (nSPS) is 11.8. The molecule has 0 aliphatic carbocycles. The molecule has 9 heteroatoms. The number of aryl methyl sites for hydroxylation is 1. The second kappa shape index (κ2) is 5.00. The molecule has 3 N–H and O–H groups in total. The summed E-state index contributed by atoms with van der Waals surface area (Å²) in [5.74, 6) is -0.649. The molecule has 0 radical (unpaired) electrons. The number of nitrogens with two attached hydrogens (primary N) is 1. The number of halogens is 1. The first-order valence-corrected chi connectivity index (χ1v) is 5.61. The van der Waals surface area contributed by atoms with Crippen molar-refractivity contribution in [1.29, 1.82) is 0 Å². The third-order valence-electron chi connectivity index (χ3n) is 2.11. The molecule has 0 spiro atoms. The smallest absolute Gasteiger partial charge is 0.213 e.